The zero-order valence-corrected chi connectivity index (χ0v) is 13.7. The van der Waals surface area contributed by atoms with Crippen molar-refractivity contribution < 1.29 is 27.7 Å². The first kappa shape index (κ1) is 19.9. The Labute approximate surface area is 151 Å². The summed E-state index contributed by atoms with van der Waals surface area (Å²) in [7, 11) is 0. The van der Waals surface area contributed by atoms with Gasteiger partial charge in [0.2, 0.25) is 5.91 Å². The standard InChI is InChI=1S/C17H14F3N3O4/c18-17(19,20)16(25)22-14(11-5-2-1-3-6-11)10-15(24)21-12-7-4-8-13(9-12)23(26)27/h1-9,14H,10H2,(H,21,24)(H,22,25)/t14-/m0/s1. The largest absolute Gasteiger partial charge is 0.471 e. The number of carbonyl (C=O) groups excluding carboxylic acids is 2. The first-order valence-corrected chi connectivity index (χ1v) is 7.64. The minimum atomic E-state index is -5.09. The quantitative estimate of drug-likeness (QED) is 0.592. The third-order valence-electron chi connectivity index (χ3n) is 3.49. The number of anilines is 1. The molecule has 2 aromatic rings. The molecule has 2 aromatic carbocycles. The summed E-state index contributed by atoms with van der Waals surface area (Å²) in [5, 5.41) is 14.9. The second-order valence-electron chi connectivity index (χ2n) is 5.49. The molecule has 0 unspecified atom stereocenters. The predicted octanol–water partition coefficient (Wildman–Crippen LogP) is 3.34. The van der Waals surface area contributed by atoms with Crippen molar-refractivity contribution >= 4 is 23.2 Å². The molecule has 0 aliphatic carbocycles. The van der Waals surface area contributed by atoms with Gasteiger partial charge in [-0.3, -0.25) is 19.7 Å². The molecule has 2 N–H and O–H groups in total. The van der Waals surface area contributed by atoms with E-state index in [1.165, 1.54) is 30.3 Å². The monoisotopic (exact) mass is 381 g/mol. The minimum absolute atomic E-state index is 0.114. The van der Waals surface area contributed by atoms with E-state index in [4.69, 9.17) is 0 Å². The van der Waals surface area contributed by atoms with E-state index in [1.807, 2.05) is 0 Å². The molecule has 2 rings (SSSR count). The molecule has 1 atom stereocenters. The van der Waals surface area contributed by atoms with E-state index >= 15 is 0 Å². The number of hydrogen-bond donors (Lipinski definition) is 2. The van der Waals surface area contributed by atoms with Gasteiger partial charge in [-0.2, -0.15) is 13.2 Å². The van der Waals surface area contributed by atoms with E-state index in [2.05, 4.69) is 5.32 Å². The summed E-state index contributed by atoms with van der Waals surface area (Å²) in [5.74, 6) is -2.88. The molecule has 27 heavy (non-hydrogen) atoms. The summed E-state index contributed by atoms with van der Waals surface area (Å²) >= 11 is 0. The van der Waals surface area contributed by atoms with Gasteiger partial charge >= 0.3 is 12.1 Å². The van der Waals surface area contributed by atoms with Crippen LogP contribution in [0.3, 0.4) is 0 Å². The van der Waals surface area contributed by atoms with Crippen molar-refractivity contribution in [1.29, 1.82) is 0 Å². The highest BCUT2D eigenvalue weighted by Gasteiger charge is 2.40. The molecule has 0 aliphatic heterocycles. The topological polar surface area (TPSA) is 101 Å². The Hall–Kier alpha value is -3.43. The number of alkyl halides is 3. The van der Waals surface area contributed by atoms with Crippen molar-refractivity contribution in [2.24, 2.45) is 0 Å². The van der Waals surface area contributed by atoms with E-state index in [0.29, 0.717) is 5.56 Å². The van der Waals surface area contributed by atoms with Crippen molar-refractivity contribution in [3.63, 3.8) is 0 Å². The molecule has 0 aromatic heterocycles. The van der Waals surface area contributed by atoms with Crippen molar-refractivity contribution in [3.05, 3.63) is 70.3 Å². The van der Waals surface area contributed by atoms with Gasteiger partial charge in [0.15, 0.2) is 0 Å². The van der Waals surface area contributed by atoms with Crippen LogP contribution >= 0.6 is 0 Å². The molecule has 0 heterocycles. The number of non-ortho nitro benzene ring substituents is 1. The van der Waals surface area contributed by atoms with Crippen LogP contribution in [0.2, 0.25) is 0 Å². The van der Waals surface area contributed by atoms with Crippen molar-refractivity contribution in [3.8, 4) is 0 Å². The number of amides is 2. The van der Waals surface area contributed by atoms with Crippen LogP contribution in [0.15, 0.2) is 54.6 Å². The highest BCUT2D eigenvalue weighted by atomic mass is 19.4. The molecular weight excluding hydrogens is 367 g/mol. The molecule has 7 nitrogen and oxygen atoms in total. The number of nitrogens with zero attached hydrogens (tertiary/aromatic N) is 1. The fourth-order valence-corrected chi connectivity index (χ4v) is 2.27. The average molecular weight is 381 g/mol. The Morgan fingerprint density at radius 2 is 1.74 bits per heavy atom. The molecule has 0 radical (unpaired) electrons. The Kier molecular flexibility index (Phi) is 6.11. The lowest BCUT2D eigenvalue weighted by Gasteiger charge is -2.20. The summed E-state index contributed by atoms with van der Waals surface area (Å²) in [6.07, 6.45) is -5.59. The third kappa shape index (κ3) is 5.80. The molecule has 0 bridgehead atoms. The molecular formula is C17H14F3N3O4. The van der Waals surface area contributed by atoms with Crippen LogP contribution in [0.4, 0.5) is 24.5 Å². The molecule has 0 aliphatic rings. The summed E-state index contributed by atoms with van der Waals surface area (Å²) < 4.78 is 37.7. The van der Waals surface area contributed by atoms with E-state index < -0.39 is 35.4 Å². The molecule has 0 fully saturated rings. The van der Waals surface area contributed by atoms with Crippen molar-refractivity contribution in [2.45, 2.75) is 18.6 Å². The molecule has 0 saturated heterocycles. The molecule has 0 spiro atoms. The third-order valence-corrected chi connectivity index (χ3v) is 3.49. The maximum absolute atomic E-state index is 12.6. The van der Waals surface area contributed by atoms with Gasteiger partial charge in [0.05, 0.1) is 17.4 Å². The van der Waals surface area contributed by atoms with Gasteiger partial charge in [-0.1, -0.05) is 36.4 Å². The van der Waals surface area contributed by atoms with E-state index in [0.717, 1.165) is 6.07 Å². The summed E-state index contributed by atoms with van der Waals surface area (Å²) in [6.45, 7) is 0. The number of rotatable bonds is 6. The second-order valence-corrected chi connectivity index (χ2v) is 5.49. The van der Waals surface area contributed by atoms with Crippen LogP contribution in [0.1, 0.15) is 18.0 Å². The van der Waals surface area contributed by atoms with Gasteiger partial charge in [-0.15, -0.1) is 0 Å². The van der Waals surface area contributed by atoms with E-state index in [1.54, 1.807) is 23.5 Å². The SMILES string of the molecule is O=C(C[C@H](NC(=O)C(F)(F)F)c1ccccc1)Nc1cccc([N+](=O)[O-])c1. The molecule has 10 heteroatoms. The molecule has 142 valence electrons. The summed E-state index contributed by atoms with van der Waals surface area (Å²) in [5.41, 5.74) is 0.172. The number of halogens is 3. The fraction of sp³-hybridized carbons (Fsp3) is 0.176. The molecule has 2 amide bonds. The second kappa shape index (κ2) is 8.30. The zero-order valence-electron chi connectivity index (χ0n) is 13.7. The summed E-state index contributed by atoms with van der Waals surface area (Å²) in [4.78, 5) is 33.6. The number of nitrogens with one attached hydrogen (secondary N) is 2. The van der Waals surface area contributed by atoms with Crippen molar-refractivity contribution in [1.82, 2.24) is 5.32 Å². The van der Waals surface area contributed by atoms with E-state index in [9.17, 15) is 32.9 Å². The van der Waals surface area contributed by atoms with Gasteiger partial charge in [-0.05, 0) is 11.6 Å². The smallest absolute Gasteiger partial charge is 0.341 e. The Morgan fingerprint density at radius 3 is 2.33 bits per heavy atom. The van der Waals surface area contributed by atoms with E-state index in [-0.39, 0.29) is 11.4 Å². The van der Waals surface area contributed by atoms with Gasteiger partial charge in [-0.25, -0.2) is 0 Å². The highest BCUT2D eigenvalue weighted by molar-refractivity contribution is 5.92. The number of nitro groups is 1. The number of hydrogen-bond acceptors (Lipinski definition) is 4. The van der Waals surface area contributed by atoms with Crippen LogP contribution in [0.5, 0.6) is 0 Å². The maximum atomic E-state index is 12.6. The predicted molar refractivity (Wildman–Crippen MR) is 89.7 cm³/mol. The lowest BCUT2D eigenvalue weighted by molar-refractivity contribution is -0.384. The minimum Gasteiger partial charge on any atom is -0.341 e. The van der Waals surface area contributed by atoms with Gasteiger partial charge < -0.3 is 10.6 Å². The fourth-order valence-electron chi connectivity index (χ4n) is 2.27. The Morgan fingerprint density at radius 1 is 1.07 bits per heavy atom. The lowest BCUT2D eigenvalue weighted by Crippen LogP contribution is -2.40. The van der Waals surface area contributed by atoms with Crippen LogP contribution in [-0.4, -0.2) is 22.9 Å². The number of nitro benzene ring substituents is 1. The Balaban J connectivity index is 2.14. The van der Waals surface area contributed by atoms with Crippen LogP contribution in [0, 0.1) is 10.1 Å². The van der Waals surface area contributed by atoms with Gasteiger partial charge in [0.1, 0.15) is 0 Å². The van der Waals surface area contributed by atoms with Crippen LogP contribution in [-0.2, 0) is 9.59 Å². The first-order valence-electron chi connectivity index (χ1n) is 7.64. The van der Waals surface area contributed by atoms with Crippen LogP contribution < -0.4 is 10.6 Å². The number of carbonyl (C=O) groups is 2. The zero-order chi connectivity index (χ0) is 20.0. The van der Waals surface area contributed by atoms with Crippen molar-refractivity contribution in [2.75, 3.05) is 5.32 Å². The van der Waals surface area contributed by atoms with Gasteiger partial charge in [0.25, 0.3) is 5.69 Å². The van der Waals surface area contributed by atoms with Crippen LogP contribution in [0.25, 0.3) is 0 Å². The summed E-state index contributed by atoms with van der Waals surface area (Å²) in [6, 6.07) is 11.6. The number of benzene rings is 2. The first-order chi connectivity index (χ1) is 12.7. The lowest BCUT2D eigenvalue weighted by atomic mass is 10.0. The molecule has 0 saturated carbocycles. The normalized spacial score (nSPS) is 12.1. The average Bonchev–Trinajstić information content (AvgIpc) is 2.61. The Bertz CT molecular complexity index is 841. The van der Waals surface area contributed by atoms with Gasteiger partial charge in [0, 0.05) is 17.8 Å². The highest BCUT2D eigenvalue weighted by Crippen LogP contribution is 2.23. The maximum Gasteiger partial charge on any atom is 0.471 e.